The van der Waals surface area contributed by atoms with E-state index in [-0.39, 0.29) is 17.9 Å². The number of aromatic amines is 1. The van der Waals surface area contributed by atoms with Gasteiger partial charge in [-0.1, -0.05) is 0 Å². The van der Waals surface area contributed by atoms with Gasteiger partial charge in [-0.25, -0.2) is 4.79 Å². The second kappa shape index (κ2) is 5.21. The molecule has 2 rings (SSSR count). The van der Waals surface area contributed by atoms with Crippen molar-refractivity contribution in [2.45, 2.75) is 12.8 Å². The third kappa shape index (κ3) is 2.49. The molecule has 0 bridgehead atoms. The number of H-pyrrole nitrogens is 1. The number of hydrogen-bond acceptors (Lipinski definition) is 5. The van der Waals surface area contributed by atoms with Crippen LogP contribution in [0.3, 0.4) is 0 Å². The third-order valence-electron chi connectivity index (χ3n) is 2.83. The number of fused-ring (bicyclic) bond motifs is 1. The molecule has 19 heavy (non-hydrogen) atoms. The fourth-order valence-corrected chi connectivity index (χ4v) is 1.84. The number of rotatable bonds is 5. The summed E-state index contributed by atoms with van der Waals surface area (Å²) >= 11 is 0. The molecule has 102 valence electrons. The van der Waals surface area contributed by atoms with Crippen LogP contribution < -0.4 is 5.69 Å². The van der Waals surface area contributed by atoms with Gasteiger partial charge in [0.2, 0.25) is 0 Å². The Labute approximate surface area is 107 Å². The van der Waals surface area contributed by atoms with Crippen molar-refractivity contribution in [1.29, 1.82) is 0 Å². The molecule has 2 aromatic rings. The lowest BCUT2D eigenvalue weighted by atomic mass is 10.3. The molecule has 0 aliphatic heterocycles. The predicted octanol–water partition coefficient (Wildman–Crippen LogP) is 0.857. The van der Waals surface area contributed by atoms with Crippen molar-refractivity contribution in [1.82, 2.24) is 9.55 Å². The Bertz CT molecular complexity index is 656. The van der Waals surface area contributed by atoms with E-state index in [4.69, 9.17) is 9.47 Å². The highest BCUT2D eigenvalue weighted by Crippen LogP contribution is 2.18. The Kier molecular flexibility index (Phi) is 3.63. The predicted molar refractivity (Wildman–Crippen MR) is 67.0 cm³/mol. The van der Waals surface area contributed by atoms with Crippen molar-refractivity contribution in [2.24, 2.45) is 0 Å². The van der Waals surface area contributed by atoms with E-state index >= 15 is 0 Å². The molecular formula is C11H13N3O5. The van der Waals surface area contributed by atoms with Crippen LogP contribution in [0.4, 0.5) is 5.69 Å². The van der Waals surface area contributed by atoms with Gasteiger partial charge >= 0.3 is 5.69 Å². The van der Waals surface area contributed by atoms with Crippen molar-refractivity contribution >= 4 is 16.7 Å². The van der Waals surface area contributed by atoms with E-state index in [9.17, 15) is 14.9 Å². The van der Waals surface area contributed by atoms with Crippen LogP contribution in [0.1, 0.15) is 0 Å². The number of non-ortho nitro benzene ring substituents is 1. The fourth-order valence-electron chi connectivity index (χ4n) is 1.84. The van der Waals surface area contributed by atoms with Gasteiger partial charge in [-0.05, 0) is 6.07 Å². The zero-order valence-corrected chi connectivity index (χ0v) is 10.5. The monoisotopic (exact) mass is 267 g/mol. The van der Waals surface area contributed by atoms with Gasteiger partial charge < -0.3 is 14.5 Å². The number of ether oxygens (including phenoxy) is 2. The van der Waals surface area contributed by atoms with E-state index < -0.39 is 11.2 Å². The van der Waals surface area contributed by atoms with Crippen LogP contribution in [0.25, 0.3) is 11.0 Å². The summed E-state index contributed by atoms with van der Waals surface area (Å²) in [5.74, 6) is 0. The first kappa shape index (κ1) is 13.2. The molecule has 0 fully saturated rings. The molecule has 1 N–H and O–H groups in total. The summed E-state index contributed by atoms with van der Waals surface area (Å²) in [6.45, 7) is 0.198. The number of nitro groups is 1. The molecule has 0 aliphatic carbocycles. The van der Waals surface area contributed by atoms with Gasteiger partial charge in [-0.3, -0.25) is 14.7 Å². The van der Waals surface area contributed by atoms with Crippen LogP contribution in [-0.2, 0) is 16.0 Å². The maximum atomic E-state index is 11.8. The Morgan fingerprint density at radius 2 is 2.11 bits per heavy atom. The number of methoxy groups -OCH3 is 2. The number of aromatic nitrogens is 2. The minimum Gasteiger partial charge on any atom is -0.354 e. The van der Waals surface area contributed by atoms with E-state index in [1.807, 2.05) is 0 Å². The van der Waals surface area contributed by atoms with Gasteiger partial charge in [-0.15, -0.1) is 0 Å². The normalized spacial score (nSPS) is 11.3. The molecule has 0 spiro atoms. The average molecular weight is 267 g/mol. The Morgan fingerprint density at radius 3 is 2.68 bits per heavy atom. The standard InChI is InChI=1S/C11H13N3O5/c1-18-10(19-2)6-13-9-4-3-7(14(16)17)5-8(9)12-11(13)15/h3-5,10H,6H2,1-2H3,(H,12,15). The summed E-state index contributed by atoms with van der Waals surface area (Å²) in [4.78, 5) is 24.5. The van der Waals surface area contributed by atoms with Gasteiger partial charge in [0.15, 0.2) is 6.29 Å². The number of benzene rings is 1. The van der Waals surface area contributed by atoms with Crippen LogP contribution in [-0.4, -0.2) is 35.0 Å². The van der Waals surface area contributed by atoms with E-state index in [0.717, 1.165) is 0 Å². The molecule has 0 radical (unpaired) electrons. The molecule has 1 heterocycles. The Hall–Kier alpha value is -2.19. The topological polar surface area (TPSA) is 99.4 Å². The summed E-state index contributed by atoms with van der Waals surface area (Å²) in [5.41, 5.74) is 0.533. The minimum absolute atomic E-state index is 0.0732. The first-order valence-electron chi connectivity index (χ1n) is 5.49. The molecular weight excluding hydrogens is 254 g/mol. The summed E-state index contributed by atoms with van der Waals surface area (Å²) < 4.78 is 11.5. The van der Waals surface area contributed by atoms with Crippen molar-refractivity contribution < 1.29 is 14.4 Å². The van der Waals surface area contributed by atoms with Crippen molar-refractivity contribution in [3.05, 3.63) is 38.8 Å². The number of nitrogens with zero attached hydrogens (tertiary/aromatic N) is 2. The average Bonchev–Trinajstić information content (AvgIpc) is 2.70. The molecule has 8 nitrogen and oxygen atoms in total. The molecule has 0 amide bonds. The maximum Gasteiger partial charge on any atom is 0.326 e. The first-order valence-corrected chi connectivity index (χ1v) is 5.49. The van der Waals surface area contributed by atoms with Crippen LogP contribution in [0.15, 0.2) is 23.0 Å². The van der Waals surface area contributed by atoms with Crippen molar-refractivity contribution in [3.63, 3.8) is 0 Å². The molecule has 0 aliphatic rings. The first-order chi connectivity index (χ1) is 9.06. The molecule has 0 atom stereocenters. The SMILES string of the molecule is COC(Cn1c(=O)[nH]c2cc([N+](=O)[O-])ccc21)OC. The highest BCUT2D eigenvalue weighted by Gasteiger charge is 2.15. The van der Waals surface area contributed by atoms with Gasteiger partial charge in [0, 0.05) is 26.4 Å². The van der Waals surface area contributed by atoms with Crippen LogP contribution in [0.5, 0.6) is 0 Å². The summed E-state index contributed by atoms with van der Waals surface area (Å²) in [5, 5.41) is 10.7. The molecule has 0 saturated carbocycles. The van der Waals surface area contributed by atoms with Crippen molar-refractivity contribution in [3.8, 4) is 0 Å². The maximum absolute atomic E-state index is 11.8. The van der Waals surface area contributed by atoms with E-state index in [1.54, 1.807) is 0 Å². The largest absolute Gasteiger partial charge is 0.354 e. The summed E-state index contributed by atoms with van der Waals surface area (Å²) in [7, 11) is 2.94. The third-order valence-corrected chi connectivity index (χ3v) is 2.83. The lowest BCUT2D eigenvalue weighted by Gasteiger charge is -2.13. The van der Waals surface area contributed by atoms with E-state index in [2.05, 4.69) is 4.98 Å². The summed E-state index contributed by atoms with van der Waals surface area (Å²) in [6, 6.07) is 4.19. The van der Waals surface area contributed by atoms with Crippen LogP contribution in [0, 0.1) is 10.1 Å². The molecule has 1 aromatic heterocycles. The summed E-state index contributed by atoms with van der Waals surface area (Å²) in [6.07, 6.45) is -0.563. The van der Waals surface area contributed by atoms with E-state index in [0.29, 0.717) is 11.0 Å². The van der Waals surface area contributed by atoms with Gasteiger partial charge in [0.05, 0.1) is 22.5 Å². The number of imidazole rings is 1. The quantitative estimate of drug-likeness (QED) is 0.492. The minimum atomic E-state index is -0.563. The molecule has 1 aromatic carbocycles. The Morgan fingerprint density at radius 1 is 1.42 bits per heavy atom. The number of nitrogens with one attached hydrogen (secondary N) is 1. The van der Waals surface area contributed by atoms with Crippen LogP contribution in [0.2, 0.25) is 0 Å². The zero-order valence-electron chi connectivity index (χ0n) is 10.5. The molecule has 8 heteroatoms. The van der Waals surface area contributed by atoms with Gasteiger partial charge in [0.25, 0.3) is 5.69 Å². The highest BCUT2D eigenvalue weighted by atomic mass is 16.7. The van der Waals surface area contributed by atoms with Crippen LogP contribution >= 0.6 is 0 Å². The molecule has 0 unspecified atom stereocenters. The van der Waals surface area contributed by atoms with Gasteiger partial charge in [0.1, 0.15) is 0 Å². The second-order valence-electron chi connectivity index (χ2n) is 3.90. The highest BCUT2D eigenvalue weighted by molar-refractivity contribution is 5.77. The van der Waals surface area contributed by atoms with Crippen molar-refractivity contribution in [2.75, 3.05) is 14.2 Å². The Balaban J connectivity index is 2.48. The number of nitro benzene ring substituents is 1. The second-order valence-corrected chi connectivity index (χ2v) is 3.90. The smallest absolute Gasteiger partial charge is 0.326 e. The molecule has 0 saturated heterocycles. The van der Waals surface area contributed by atoms with E-state index in [1.165, 1.54) is 37.0 Å². The lowest BCUT2D eigenvalue weighted by Crippen LogP contribution is -2.27. The van der Waals surface area contributed by atoms with Gasteiger partial charge in [-0.2, -0.15) is 0 Å². The fraction of sp³-hybridized carbons (Fsp3) is 0.364. The zero-order chi connectivity index (χ0) is 14.0. The number of hydrogen-bond donors (Lipinski definition) is 1. The lowest BCUT2D eigenvalue weighted by molar-refractivity contribution is -0.384.